The van der Waals surface area contributed by atoms with Gasteiger partial charge in [0, 0.05) is 0 Å². The fourth-order valence-electron chi connectivity index (χ4n) is 4.98. The van der Waals surface area contributed by atoms with Crippen molar-refractivity contribution in [3.63, 3.8) is 0 Å². The minimum Gasteiger partial charge on any atom is -1.00 e. The number of ether oxygens (including phenoxy) is 2. The van der Waals surface area contributed by atoms with Crippen molar-refractivity contribution in [2.75, 3.05) is 0 Å². The third-order valence-electron chi connectivity index (χ3n) is 7.33. The Balaban J connectivity index is -0.00000648. The molecule has 0 N–H and O–H groups in total. The van der Waals surface area contributed by atoms with Crippen molar-refractivity contribution in [3.05, 3.63) is 0 Å². The van der Waals surface area contributed by atoms with Crippen molar-refractivity contribution >= 4 is 11.9 Å². The van der Waals surface area contributed by atoms with Gasteiger partial charge in [0.2, 0.25) is 0 Å². The van der Waals surface area contributed by atoms with Crippen LogP contribution in [0.15, 0.2) is 0 Å². The first-order chi connectivity index (χ1) is 17.6. The molecule has 0 aromatic carbocycles. The third-order valence-corrected chi connectivity index (χ3v) is 7.33. The first-order valence-corrected chi connectivity index (χ1v) is 16.1. The van der Waals surface area contributed by atoms with Crippen LogP contribution in [-0.2, 0) is 19.1 Å². The molecule has 0 saturated heterocycles. The summed E-state index contributed by atoms with van der Waals surface area (Å²) >= 11 is 0. The van der Waals surface area contributed by atoms with E-state index in [9.17, 15) is 9.59 Å². The maximum atomic E-state index is 12.4. The fourth-order valence-corrected chi connectivity index (χ4v) is 4.98. The van der Waals surface area contributed by atoms with Gasteiger partial charge in [-0.3, -0.25) is 9.59 Å². The van der Waals surface area contributed by atoms with E-state index < -0.39 is 23.1 Å². The van der Waals surface area contributed by atoms with E-state index in [-0.39, 0.29) is 37.4 Å². The maximum absolute atomic E-state index is 12.4. The molecule has 0 bridgehead atoms. The van der Waals surface area contributed by atoms with E-state index in [0.717, 1.165) is 25.7 Å². The molecule has 0 heterocycles. The molecule has 0 aromatic heterocycles. The van der Waals surface area contributed by atoms with Crippen molar-refractivity contribution in [1.29, 1.82) is 0 Å². The number of esters is 2. The molecule has 0 radical (unpaired) electrons. The number of carbonyl (C=O) groups is 2. The zero-order chi connectivity index (χ0) is 27.8. The van der Waals surface area contributed by atoms with E-state index in [1.807, 2.05) is 27.7 Å². The number of hydrogen-bond donors (Lipinski definition) is 0. The molecule has 0 aliphatic heterocycles. The van der Waals surface area contributed by atoms with Gasteiger partial charge in [-0.15, -0.1) is 0 Å². The van der Waals surface area contributed by atoms with Crippen LogP contribution in [0.3, 0.4) is 0 Å². The Morgan fingerprint density at radius 2 is 0.711 bits per heavy atom. The number of unbranched alkanes of at least 4 members (excludes halogenated alkanes) is 18. The summed E-state index contributed by atoms with van der Waals surface area (Å²) < 4.78 is 11.3. The van der Waals surface area contributed by atoms with Gasteiger partial charge < -0.3 is 10.9 Å². The van der Waals surface area contributed by atoms with Gasteiger partial charge in [0.15, 0.2) is 0 Å². The smallest absolute Gasteiger partial charge is 1.00 e. The van der Waals surface area contributed by atoms with E-state index in [1.165, 1.54) is 116 Å². The van der Waals surface area contributed by atoms with E-state index in [0.29, 0.717) is 0 Å². The first kappa shape index (κ1) is 40.1. The van der Waals surface area contributed by atoms with E-state index in [2.05, 4.69) is 13.8 Å². The molecule has 0 saturated carbocycles. The second-order valence-electron chi connectivity index (χ2n) is 12.5. The van der Waals surface area contributed by atoms with Gasteiger partial charge in [0.1, 0.15) is 17.6 Å². The molecule has 0 atom stereocenters. The van der Waals surface area contributed by atoms with Crippen LogP contribution in [-0.4, -0.2) is 23.1 Å². The Bertz CT molecular complexity index is 518. The second-order valence-corrected chi connectivity index (χ2v) is 12.5. The van der Waals surface area contributed by atoms with Crippen molar-refractivity contribution in [2.24, 2.45) is 0 Å². The van der Waals surface area contributed by atoms with Crippen LogP contribution in [0.4, 0.5) is 0 Å². The Labute approximate surface area is 261 Å². The van der Waals surface area contributed by atoms with Gasteiger partial charge in [0.05, 0.1) is 0 Å². The summed E-state index contributed by atoms with van der Waals surface area (Å²) in [5, 5.41) is 0. The van der Waals surface area contributed by atoms with Gasteiger partial charge in [-0.2, -0.15) is 0 Å². The summed E-state index contributed by atoms with van der Waals surface area (Å²) in [4.78, 5) is 24.7. The Morgan fingerprint density at radius 3 is 0.974 bits per heavy atom. The summed E-state index contributed by atoms with van der Waals surface area (Å²) in [6.45, 7) is 12.3. The topological polar surface area (TPSA) is 52.6 Å². The fraction of sp³-hybridized carbons (Fsp3) is 0.939. The average molecular weight is 549 g/mol. The van der Waals surface area contributed by atoms with Crippen LogP contribution >= 0.6 is 0 Å². The Morgan fingerprint density at radius 1 is 0.474 bits per heavy atom. The summed E-state index contributed by atoms with van der Waals surface area (Å²) in [7, 11) is 0. The van der Waals surface area contributed by atoms with Gasteiger partial charge in [-0.1, -0.05) is 129 Å². The third kappa shape index (κ3) is 27.5. The minimum atomic E-state index is -0.539. The van der Waals surface area contributed by atoms with Crippen LogP contribution < -0.4 is 29.6 Å². The van der Waals surface area contributed by atoms with Crippen LogP contribution in [0.2, 0.25) is 0 Å². The van der Waals surface area contributed by atoms with Crippen LogP contribution in [0, 0.1) is 0 Å². The molecule has 0 aromatic rings. The SMILES string of the molecule is CCCCCCCCCCCCC(C)(C)OC(=O)CC(=O)OC(C)(C)CCCCCCCCCCCC.[H-].[Na+]. The van der Waals surface area contributed by atoms with Crippen LogP contribution in [0.1, 0.15) is 191 Å². The van der Waals surface area contributed by atoms with Crippen LogP contribution in [0.25, 0.3) is 0 Å². The first-order valence-electron chi connectivity index (χ1n) is 16.1. The molecule has 0 spiro atoms. The van der Waals surface area contributed by atoms with Gasteiger partial charge in [-0.25, -0.2) is 0 Å². The van der Waals surface area contributed by atoms with Crippen molar-refractivity contribution in [1.82, 2.24) is 0 Å². The van der Waals surface area contributed by atoms with Gasteiger partial charge in [0.25, 0.3) is 0 Å². The molecule has 0 fully saturated rings. The largest absolute Gasteiger partial charge is 1.00 e. The summed E-state index contributed by atoms with van der Waals surface area (Å²) in [6.07, 6.45) is 27.1. The zero-order valence-electron chi connectivity index (χ0n) is 27.9. The normalized spacial score (nSPS) is 11.7. The van der Waals surface area contributed by atoms with E-state index in [1.54, 1.807) is 0 Å². The molecule has 4 nitrogen and oxygen atoms in total. The Hall–Kier alpha value is -0.0600. The summed E-state index contributed by atoms with van der Waals surface area (Å²) in [6, 6.07) is 0. The molecule has 0 rings (SSSR count). The van der Waals surface area contributed by atoms with Gasteiger partial charge >= 0.3 is 41.5 Å². The predicted octanol–water partition coefficient (Wildman–Crippen LogP) is 7.76. The molecule has 0 aliphatic carbocycles. The predicted molar refractivity (Wildman–Crippen MR) is 159 cm³/mol. The maximum Gasteiger partial charge on any atom is 1.00 e. The number of hydrogen-bond acceptors (Lipinski definition) is 4. The molecule has 0 amide bonds. The monoisotopic (exact) mass is 548 g/mol. The summed E-state index contributed by atoms with van der Waals surface area (Å²) in [5.74, 6) is -0.950. The molecule has 0 unspecified atom stereocenters. The molecule has 5 heteroatoms. The molecular formula is C33H65NaO4. The standard InChI is InChI=1S/C33H64O4.Na.H/c1-7-9-11-13-15-17-19-21-23-25-27-32(3,4)36-30(34)29-31(35)37-33(5,6)28-26-24-22-20-18-16-14-12-10-8-2;;/h7-29H2,1-6H3;;/q;+1;-1. The van der Waals surface area contributed by atoms with Crippen molar-refractivity contribution in [2.45, 2.75) is 200 Å². The summed E-state index contributed by atoms with van der Waals surface area (Å²) in [5.41, 5.74) is -1.08. The Kier molecular flexibility index (Phi) is 27.3. The van der Waals surface area contributed by atoms with Crippen molar-refractivity contribution in [3.8, 4) is 0 Å². The van der Waals surface area contributed by atoms with E-state index in [4.69, 9.17) is 9.47 Å². The van der Waals surface area contributed by atoms with Crippen LogP contribution in [0.5, 0.6) is 0 Å². The van der Waals surface area contributed by atoms with Gasteiger partial charge in [-0.05, 0) is 53.4 Å². The van der Waals surface area contributed by atoms with E-state index >= 15 is 0 Å². The van der Waals surface area contributed by atoms with Crippen molar-refractivity contribution < 1.29 is 50.0 Å². The molecular weight excluding hydrogens is 483 g/mol. The zero-order valence-corrected chi connectivity index (χ0v) is 28.9. The molecule has 0 aliphatic rings. The quantitative estimate of drug-likeness (QED) is 0.0480. The second kappa shape index (κ2) is 25.9. The minimum absolute atomic E-state index is 0. The average Bonchev–Trinajstić information content (AvgIpc) is 2.80. The number of rotatable bonds is 26. The molecule has 222 valence electrons. The molecule has 38 heavy (non-hydrogen) atoms. The number of carbonyl (C=O) groups excluding carboxylic acids is 2.